The monoisotopic (exact) mass is 145 g/mol. The van der Waals surface area contributed by atoms with Crippen LogP contribution in [0.25, 0.3) is 0 Å². The van der Waals surface area contributed by atoms with Crippen molar-refractivity contribution in [1.29, 1.82) is 0 Å². The molecule has 0 saturated carbocycles. The Morgan fingerprint density at radius 3 is 2.00 bits per heavy atom. The Morgan fingerprint density at radius 2 is 1.71 bits per heavy atom. The van der Waals surface area contributed by atoms with Gasteiger partial charge in [0.25, 0.3) is 0 Å². The normalized spacial score (nSPS) is 22.0. The van der Waals surface area contributed by atoms with Gasteiger partial charge in [0.15, 0.2) is 0 Å². The van der Waals surface area contributed by atoms with Crippen molar-refractivity contribution in [3.05, 3.63) is 0 Å². The van der Waals surface area contributed by atoms with Gasteiger partial charge in [-0.25, -0.2) is 0 Å². The van der Waals surface area contributed by atoms with E-state index in [9.17, 15) is 0 Å². The van der Waals surface area contributed by atoms with Crippen LogP contribution in [-0.4, -0.2) is 24.8 Å². The van der Waals surface area contributed by atoms with Crippen LogP contribution in [-0.2, 0) is 0 Å². The predicted octanol–water partition coefficient (Wildman–Crippen LogP) is 1.05. The van der Waals surface area contributed by atoms with Crippen molar-refractivity contribution in [3.63, 3.8) is 0 Å². The quantitative estimate of drug-likeness (QED) is 0.584. The highest BCUT2D eigenvalue weighted by Crippen LogP contribution is 1.71. The van der Waals surface area contributed by atoms with E-state index in [1.54, 1.807) is 0 Å². The molecule has 0 unspecified atom stereocenters. The lowest BCUT2D eigenvalue weighted by Gasteiger charge is -1.93. The Kier molecular flexibility index (Phi) is 2.71. The lowest BCUT2D eigenvalue weighted by molar-refractivity contribution is 0.770. The van der Waals surface area contributed by atoms with Gasteiger partial charge in [-0.15, -0.1) is 23.2 Å². The first-order chi connectivity index (χ1) is 4.71. The Morgan fingerprint density at radius 1 is 1.29 bits per heavy atom. The van der Waals surface area contributed by atoms with Crippen molar-refractivity contribution in [2.45, 2.75) is 0 Å². The van der Waals surface area contributed by atoms with E-state index in [0.717, 1.165) is 0 Å². The topological polar surface area (TPSA) is 12.0 Å². The van der Waals surface area contributed by atoms with Crippen LogP contribution in [0.1, 0.15) is 5.48 Å². The van der Waals surface area contributed by atoms with Gasteiger partial charge in [0.2, 0.25) is 0 Å². The summed E-state index contributed by atoms with van der Waals surface area (Å²) in [6, 6.07) is 0. The number of halogens is 2. The molecule has 0 radical (unpaired) electrons. The summed E-state index contributed by atoms with van der Waals surface area (Å²) in [6.07, 6.45) is 0. The number of nitrogens with one attached hydrogen (secondary N) is 1. The van der Waals surface area contributed by atoms with Crippen LogP contribution < -0.4 is 5.32 Å². The maximum atomic E-state index is 6.84. The highest BCUT2D eigenvalue weighted by molar-refractivity contribution is 6.18. The Balaban J connectivity index is 3.44. The molecule has 1 nitrogen and oxygen atoms in total. The van der Waals surface area contributed by atoms with Crippen LogP contribution in [0, 0.1) is 0 Å². The van der Waals surface area contributed by atoms with Crippen LogP contribution in [0.3, 0.4) is 0 Å². The predicted molar refractivity (Wildman–Crippen MR) is 34.3 cm³/mol. The molecule has 0 heterocycles. The van der Waals surface area contributed by atoms with Gasteiger partial charge in [0.1, 0.15) is 0 Å². The molecule has 0 atom stereocenters. The van der Waals surface area contributed by atoms with Crippen LogP contribution in [0.2, 0.25) is 0 Å². The van der Waals surface area contributed by atoms with E-state index in [-0.39, 0.29) is 13.1 Å². The van der Waals surface area contributed by atoms with Gasteiger partial charge >= 0.3 is 0 Å². The molecule has 0 aliphatic carbocycles. The lowest BCUT2D eigenvalue weighted by atomic mass is 10.7. The second-order valence-corrected chi connectivity index (χ2v) is 1.41. The number of alkyl halides is 2. The Labute approximate surface area is 59.6 Å². The zero-order chi connectivity index (χ0) is 9.12. The highest BCUT2D eigenvalue weighted by atomic mass is 35.5. The molecule has 7 heavy (non-hydrogen) atoms. The van der Waals surface area contributed by atoms with Crippen molar-refractivity contribution in [2.75, 3.05) is 24.8 Å². The van der Waals surface area contributed by atoms with Gasteiger partial charge in [-0.3, -0.25) is 0 Å². The molecule has 0 amide bonds. The number of hydrogen-bond donors (Lipinski definition) is 1. The average molecular weight is 146 g/mol. The first-order valence-corrected chi connectivity index (χ1v) is 2.55. The summed E-state index contributed by atoms with van der Waals surface area (Å²) >= 11 is 10.3. The van der Waals surface area contributed by atoms with Crippen LogP contribution in [0.4, 0.5) is 0 Å². The molecule has 0 bridgehead atoms. The molecule has 0 aliphatic heterocycles. The summed E-state index contributed by atoms with van der Waals surface area (Å²) in [5.41, 5.74) is 0. The van der Waals surface area contributed by atoms with Crippen molar-refractivity contribution in [2.24, 2.45) is 0 Å². The zero-order valence-corrected chi connectivity index (χ0v) is 5.18. The first kappa shape index (κ1) is 2.90. The minimum atomic E-state index is -1.85. The molecule has 0 fully saturated rings. The van der Waals surface area contributed by atoms with Crippen molar-refractivity contribution in [3.8, 4) is 0 Å². The lowest BCUT2D eigenvalue weighted by Crippen LogP contribution is -2.18. The van der Waals surface area contributed by atoms with E-state index in [4.69, 9.17) is 28.7 Å². The molecule has 0 saturated heterocycles. The summed E-state index contributed by atoms with van der Waals surface area (Å²) in [6.45, 7) is -0.248. The fraction of sp³-hybridized carbons (Fsp3) is 1.00. The van der Waals surface area contributed by atoms with Crippen molar-refractivity contribution in [1.82, 2.24) is 5.32 Å². The van der Waals surface area contributed by atoms with Crippen LogP contribution in [0.15, 0.2) is 0 Å². The molecule has 3 heteroatoms. The minimum absolute atomic E-state index is 0.124. The van der Waals surface area contributed by atoms with E-state index in [0.29, 0.717) is 0 Å². The third kappa shape index (κ3) is 6.54. The first-order valence-electron chi connectivity index (χ1n) is 3.79. The van der Waals surface area contributed by atoms with E-state index in [1.165, 1.54) is 0 Å². The van der Waals surface area contributed by atoms with Gasteiger partial charge in [-0.2, -0.15) is 0 Å². The van der Waals surface area contributed by atoms with Gasteiger partial charge in [-0.1, -0.05) is 0 Å². The second kappa shape index (κ2) is 6.54. The zero-order valence-electron chi connectivity index (χ0n) is 7.67. The highest BCUT2D eigenvalue weighted by Gasteiger charge is 1.78. The fourth-order valence-corrected chi connectivity index (χ4v) is 0.346. The number of rotatable bonds is 4. The standard InChI is InChI=1S/C4H9Cl2N/c5-1-3-7-4-2-6/h7H,1-4H2/i1D2,2D2. The SMILES string of the molecule is [2H]C([2H])(Cl)CNCC([2H])([2H])Cl. The van der Waals surface area contributed by atoms with E-state index in [1.807, 2.05) is 0 Å². The summed E-state index contributed by atoms with van der Waals surface area (Å²) in [7, 11) is 0. The summed E-state index contributed by atoms with van der Waals surface area (Å²) in [5.74, 6) is -3.69. The average Bonchev–Trinajstić information content (AvgIpc) is 1.55. The van der Waals surface area contributed by atoms with E-state index < -0.39 is 11.7 Å². The molecule has 0 aromatic heterocycles. The van der Waals surface area contributed by atoms with E-state index in [2.05, 4.69) is 5.32 Å². The summed E-state index contributed by atoms with van der Waals surface area (Å²) < 4.78 is 27.4. The molecule has 0 aliphatic rings. The maximum absolute atomic E-state index is 6.84. The maximum Gasteiger partial charge on any atom is 0.0449 e. The van der Waals surface area contributed by atoms with Gasteiger partial charge in [0.05, 0.1) is 0 Å². The fourth-order valence-electron chi connectivity index (χ4n) is 0.157. The van der Waals surface area contributed by atoms with E-state index >= 15 is 0 Å². The molecule has 44 valence electrons. The molecule has 0 aromatic carbocycles. The smallest absolute Gasteiger partial charge is 0.0449 e. The van der Waals surface area contributed by atoms with Crippen molar-refractivity contribution < 1.29 is 5.48 Å². The van der Waals surface area contributed by atoms with Crippen LogP contribution in [0.5, 0.6) is 0 Å². The second-order valence-electron chi connectivity index (χ2n) is 0.871. The third-order valence-electron chi connectivity index (χ3n) is 0.384. The molecule has 1 N–H and O–H groups in total. The third-order valence-corrected chi connectivity index (χ3v) is 0.651. The molecule has 0 rings (SSSR count). The molecule has 0 aromatic rings. The largest absolute Gasteiger partial charge is 0.314 e. The minimum Gasteiger partial charge on any atom is -0.314 e. The van der Waals surface area contributed by atoms with Gasteiger partial charge in [-0.05, 0) is 0 Å². The number of hydrogen-bond acceptors (Lipinski definition) is 1. The Hall–Kier alpha value is 0.540. The van der Waals surface area contributed by atoms with Crippen molar-refractivity contribution >= 4 is 23.2 Å². The van der Waals surface area contributed by atoms with Gasteiger partial charge < -0.3 is 5.32 Å². The summed E-state index contributed by atoms with van der Waals surface area (Å²) in [5, 5.41) is 2.45. The Bertz CT molecular complexity index is 104. The molecular formula is C4H9Cl2N. The van der Waals surface area contributed by atoms with Crippen LogP contribution >= 0.6 is 23.2 Å². The van der Waals surface area contributed by atoms with Gasteiger partial charge in [0, 0.05) is 30.2 Å². The summed E-state index contributed by atoms with van der Waals surface area (Å²) in [4.78, 5) is 0. The molecule has 0 spiro atoms. The molecular weight excluding hydrogens is 133 g/mol.